The number of likely N-dealkylation sites (tertiary alicyclic amines) is 1. The SMILES string of the molecule is N#Cc1ccccc1COc1ccc(Br)cc1C=C1SC(=O)N(CC(=O)N2CCCCCC2)C1=O. The van der Waals surface area contributed by atoms with Crippen LogP contribution in [0.1, 0.15) is 42.4 Å². The minimum Gasteiger partial charge on any atom is -0.488 e. The van der Waals surface area contributed by atoms with Crippen LogP contribution in [0.3, 0.4) is 0 Å². The Labute approximate surface area is 216 Å². The number of imide groups is 1. The summed E-state index contributed by atoms with van der Waals surface area (Å²) in [5, 5.41) is 8.86. The lowest BCUT2D eigenvalue weighted by atomic mass is 10.1. The highest BCUT2D eigenvalue weighted by Gasteiger charge is 2.37. The number of carbonyl (C=O) groups excluding carboxylic acids is 3. The lowest BCUT2D eigenvalue weighted by Crippen LogP contribution is -2.42. The minimum absolute atomic E-state index is 0.179. The van der Waals surface area contributed by atoms with Gasteiger partial charge in [-0.3, -0.25) is 19.3 Å². The molecule has 0 aromatic heterocycles. The summed E-state index contributed by atoms with van der Waals surface area (Å²) in [6.45, 7) is 1.27. The molecule has 2 aliphatic rings. The number of carbonyl (C=O) groups is 3. The molecule has 9 heteroatoms. The van der Waals surface area contributed by atoms with Crippen molar-refractivity contribution in [3.05, 3.63) is 68.5 Å². The number of halogens is 1. The number of hydrogen-bond acceptors (Lipinski definition) is 6. The molecule has 180 valence electrons. The van der Waals surface area contributed by atoms with Crippen LogP contribution in [-0.4, -0.2) is 46.5 Å². The van der Waals surface area contributed by atoms with Crippen molar-refractivity contribution in [2.24, 2.45) is 0 Å². The summed E-state index contributed by atoms with van der Waals surface area (Å²) in [5.41, 5.74) is 1.88. The topological polar surface area (TPSA) is 90.7 Å². The molecule has 0 radical (unpaired) electrons. The van der Waals surface area contributed by atoms with Gasteiger partial charge in [-0.1, -0.05) is 47.0 Å². The van der Waals surface area contributed by atoms with E-state index in [4.69, 9.17) is 4.74 Å². The van der Waals surface area contributed by atoms with Crippen LogP contribution in [0.2, 0.25) is 0 Å². The number of nitriles is 1. The van der Waals surface area contributed by atoms with Gasteiger partial charge in [-0.2, -0.15) is 5.26 Å². The van der Waals surface area contributed by atoms with Crippen LogP contribution < -0.4 is 4.74 Å². The molecule has 4 rings (SSSR count). The second-order valence-electron chi connectivity index (χ2n) is 8.30. The largest absolute Gasteiger partial charge is 0.488 e. The molecule has 2 aliphatic heterocycles. The van der Waals surface area contributed by atoms with Gasteiger partial charge in [0.1, 0.15) is 18.9 Å². The summed E-state index contributed by atoms with van der Waals surface area (Å²) >= 11 is 4.26. The molecule has 0 N–H and O–H groups in total. The van der Waals surface area contributed by atoms with E-state index >= 15 is 0 Å². The summed E-state index contributed by atoms with van der Waals surface area (Å²) in [7, 11) is 0. The molecule has 2 aromatic carbocycles. The van der Waals surface area contributed by atoms with Crippen molar-refractivity contribution in [1.29, 1.82) is 5.26 Å². The molecule has 2 fully saturated rings. The fourth-order valence-corrected chi connectivity index (χ4v) is 5.22. The molecule has 3 amide bonds. The number of benzene rings is 2. The number of amides is 3. The number of ether oxygens (including phenoxy) is 1. The van der Waals surface area contributed by atoms with Gasteiger partial charge in [0.2, 0.25) is 5.91 Å². The molecule has 0 aliphatic carbocycles. The summed E-state index contributed by atoms with van der Waals surface area (Å²) in [6, 6.07) is 14.7. The Balaban J connectivity index is 1.50. The zero-order chi connectivity index (χ0) is 24.8. The van der Waals surface area contributed by atoms with Gasteiger partial charge in [-0.15, -0.1) is 0 Å². The van der Waals surface area contributed by atoms with Gasteiger partial charge in [0.15, 0.2) is 0 Å². The molecule has 0 unspecified atom stereocenters. The second-order valence-corrected chi connectivity index (χ2v) is 10.2. The first-order valence-electron chi connectivity index (χ1n) is 11.4. The van der Waals surface area contributed by atoms with Crippen LogP contribution >= 0.6 is 27.7 Å². The van der Waals surface area contributed by atoms with Gasteiger partial charge in [0.05, 0.1) is 16.5 Å². The second kappa shape index (κ2) is 11.6. The van der Waals surface area contributed by atoms with Crippen LogP contribution in [0.4, 0.5) is 4.79 Å². The first-order valence-corrected chi connectivity index (χ1v) is 13.0. The van der Waals surface area contributed by atoms with Crippen LogP contribution in [0.15, 0.2) is 51.8 Å². The molecule has 2 heterocycles. The Morgan fingerprint density at radius 3 is 2.60 bits per heavy atom. The maximum absolute atomic E-state index is 13.0. The first kappa shape index (κ1) is 25.0. The highest BCUT2D eigenvalue weighted by molar-refractivity contribution is 9.10. The van der Waals surface area contributed by atoms with Crippen molar-refractivity contribution in [3.8, 4) is 11.8 Å². The van der Waals surface area contributed by atoms with E-state index in [1.54, 1.807) is 35.2 Å². The molecular formula is C26H24BrN3O4S. The Bertz CT molecular complexity index is 1220. The minimum atomic E-state index is -0.482. The quantitative estimate of drug-likeness (QED) is 0.448. The predicted octanol–water partition coefficient (Wildman–Crippen LogP) is 5.34. The zero-order valence-corrected chi connectivity index (χ0v) is 21.4. The maximum atomic E-state index is 13.0. The van der Waals surface area contributed by atoms with Crippen molar-refractivity contribution in [3.63, 3.8) is 0 Å². The van der Waals surface area contributed by atoms with E-state index < -0.39 is 11.1 Å². The third-order valence-corrected chi connectivity index (χ3v) is 7.31. The zero-order valence-electron chi connectivity index (χ0n) is 19.0. The van der Waals surface area contributed by atoms with Gasteiger partial charge in [0, 0.05) is 28.7 Å². The fourth-order valence-electron chi connectivity index (χ4n) is 4.01. The number of hydrogen-bond donors (Lipinski definition) is 0. The smallest absolute Gasteiger partial charge is 0.294 e. The van der Waals surface area contributed by atoms with Crippen LogP contribution in [0, 0.1) is 11.3 Å². The normalized spacial score (nSPS) is 17.4. The van der Waals surface area contributed by atoms with E-state index in [9.17, 15) is 19.6 Å². The Morgan fingerprint density at radius 1 is 1.11 bits per heavy atom. The maximum Gasteiger partial charge on any atom is 0.294 e. The standard InChI is InChI=1S/C26H24BrN3O4S/c27-21-9-10-22(34-17-19-8-4-3-7-18(19)15-28)20(13-21)14-23-25(32)30(26(33)35-23)16-24(31)29-11-5-1-2-6-12-29/h3-4,7-10,13-14H,1-2,5-6,11-12,16-17H2. The molecule has 0 saturated carbocycles. The van der Waals surface area contributed by atoms with Crippen molar-refractivity contribution in [2.75, 3.05) is 19.6 Å². The molecule has 2 aromatic rings. The van der Waals surface area contributed by atoms with Crippen molar-refractivity contribution < 1.29 is 19.1 Å². The average molecular weight is 554 g/mol. The van der Waals surface area contributed by atoms with Crippen molar-refractivity contribution >= 4 is 50.8 Å². The van der Waals surface area contributed by atoms with Gasteiger partial charge in [0.25, 0.3) is 11.1 Å². The highest BCUT2D eigenvalue weighted by atomic mass is 79.9. The van der Waals surface area contributed by atoms with E-state index in [2.05, 4.69) is 22.0 Å². The van der Waals surface area contributed by atoms with Gasteiger partial charge >= 0.3 is 0 Å². The predicted molar refractivity (Wildman–Crippen MR) is 137 cm³/mol. The lowest BCUT2D eigenvalue weighted by Gasteiger charge is -2.22. The van der Waals surface area contributed by atoms with Gasteiger partial charge in [-0.05, 0) is 54.9 Å². The van der Waals surface area contributed by atoms with E-state index in [-0.39, 0.29) is 24.0 Å². The molecule has 0 spiro atoms. The first-order chi connectivity index (χ1) is 17.0. The Kier molecular flexibility index (Phi) is 8.26. The summed E-state index contributed by atoms with van der Waals surface area (Å²) in [5.74, 6) is -0.171. The number of nitrogens with zero attached hydrogens (tertiary/aromatic N) is 3. The van der Waals surface area contributed by atoms with Crippen LogP contribution in [0.5, 0.6) is 5.75 Å². The van der Waals surface area contributed by atoms with E-state index in [0.717, 1.165) is 52.4 Å². The molecule has 0 atom stereocenters. The fraction of sp³-hybridized carbons (Fsp3) is 0.308. The van der Waals surface area contributed by atoms with Crippen molar-refractivity contribution in [1.82, 2.24) is 9.80 Å². The Morgan fingerprint density at radius 2 is 1.86 bits per heavy atom. The third-order valence-electron chi connectivity index (χ3n) is 5.91. The molecule has 7 nitrogen and oxygen atoms in total. The molecule has 0 bridgehead atoms. The van der Waals surface area contributed by atoms with Crippen LogP contribution in [-0.2, 0) is 16.2 Å². The third kappa shape index (κ3) is 6.13. The van der Waals surface area contributed by atoms with E-state index in [1.165, 1.54) is 0 Å². The summed E-state index contributed by atoms with van der Waals surface area (Å²) in [4.78, 5) is 41.4. The van der Waals surface area contributed by atoms with Crippen LogP contribution in [0.25, 0.3) is 6.08 Å². The van der Waals surface area contributed by atoms with E-state index in [0.29, 0.717) is 30.0 Å². The van der Waals surface area contributed by atoms with E-state index in [1.807, 2.05) is 18.2 Å². The van der Waals surface area contributed by atoms with Crippen molar-refractivity contribution in [2.45, 2.75) is 32.3 Å². The van der Waals surface area contributed by atoms with Gasteiger partial charge in [-0.25, -0.2) is 0 Å². The highest BCUT2D eigenvalue weighted by Crippen LogP contribution is 2.35. The summed E-state index contributed by atoms with van der Waals surface area (Å²) in [6.07, 6.45) is 5.67. The number of rotatable bonds is 6. The monoisotopic (exact) mass is 553 g/mol. The Hall–Kier alpha value is -3.09. The van der Waals surface area contributed by atoms with Gasteiger partial charge < -0.3 is 9.64 Å². The molecule has 35 heavy (non-hydrogen) atoms. The lowest BCUT2D eigenvalue weighted by molar-refractivity contribution is -0.135. The molecule has 2 saturated heterocycles. The average Bonchev–Trinajstić information content (AvgIpc) is 3.05. The number of thioether (sulfide) groups is 1. The summed E-state index contributed by atoms with van der Waals surface area (Å²) < 4.78 is 6.76. The molecular weight excluding hydrogens is 530 g/mol.